The molecule has 1 N–H and O–H groups in total. The highest BCUT2D eigenvalue weighted by atomic mass is 16.5. The van der Waals surface area contributed by atoms with Crippen LogP contribution in [0, 0.1) is 6.58 Å². The van der Waals surface area contributed by atoms with Crippen molar-refractivity contribution in [3.63, 3.8) is 0 Å². The van der Waals surface area contributed by atoms with Crippen molar-refractivity contribution in [1.82, 2.24) is 5.32 Å². The second-order valence-electron chi connectivity index (χ2n) is 1.78. The fraction of sp³-hybridized carbons (Fsp3) is 0.429. The number of hydrogen-bond donors (Lipinski definition) is 1. The van der Waals surface area contributed by atoms with Crippen molar-refractivity contribution in [3.8, 4) is 0 Å². The van der Waals surface area contributed by atoms with Crippen LogP contribution in [0.25, 0.3) is 0 Å². The minimum atomic E-state index is -0.395. The van der Waals surface area contributed by atoms with E-state index in [1.807, 2.05) is 0 Å². The monoisotopic (exact) mass is 156 g/mol. The minimum absolute atomic E-state index is 0.163. The van der Waals surface area contributed by atoms with E-state index in [4.69, 9.17) is 6.58 Å². The Kier molecular flexibility index (Phi) is 4.81. The Hall–Kier alpha value is -1.32. The van der Waals surface area contributed by atoms with Gasteiger partial charge in [0, 0.05) is 12.6 Å². The third-order valence-electron chi connectivity index (χ3n) is 1.01. The fourth-order valence-corrected chi connectivity index (χ4v) is 0.449. The Labute approximate surface area is 65.2 Å². The largest absolute Gasteiger partial charge is 0.469 e. The molecule has 0 saturated carbocycles. The van der Waals surface area contributed by atoms with Crippen molar-refractivity contribution in [1.29, 1.82) is 0 Å². The molecule has 0 heterocycles. The van der Waals surface area contributed by atoms with Crippen LogP contribution in [0.3, 0.4) is 0 Å². The molecule has 0 fully saturated rings. The summed E-state index contributed by atoms with van der Waals surface area (Å²) in [6.07, 6.45) is 1.06. The van der Waals surface area contributed by atoms with Crippen molar-refractivity contribution in [2.24, 2.45) is 0 Å². The van der Waals surface area contributed by atoms with E-state index in [9.17, 15) is 9.59 Å². The molecule has 0 aliphatic rings. The van der Waals surface area contributed by atoms with Gasteiger partial charge in [-0.1, -0.05) is 6.58 Å². The van der Waals surface area contributed by atoms with Gasteiger partial charge in [0.2, 0.25) is 5.91 Å². The summed E-state index contributed by atoms with van der Waals surface area (Å²) < 4.78 is 4.33. The first kappa shape index (κ1) is 9.68. The van der Waals surface area contributed by atoms with Crippen LogP contribution >= 0.6 is 0 Å². The van der Waals surface area contributed by atoms with Gasteiger partial charge in [-0.05, 0) is 0 Å². The zero-order valence-electron chi connectivity index (χ0n) is 6.29. The van der Waals surface area contributed by atoms with Crippen LogP contribution in [0.2, 0.25) is 0 Å². The summed E-state index contributed by atoms with van der Waals surface area (Å²) in [6, 6.07) is 0. The van der Waals surface area contributed by atoms with E-state index in [1.165, 1.54) is 7.11 Å². The molecule has 0 aromatic heterocycles. The molecular formula is C7H10NO3. The third kappa shape index (κ3) is 5.14. The summed E-state index contributed by atoms with van der Waals surface area (Å²) in [4.78, 5) is 20.9. The van der Waals surface area contributed by atoms with Crippen molar-refractivity contribution in [2.75, 3.05) is 13.7 Å². The lowest BCUT2D eigenvalue weighted by molar-refractivity contribution is -0.140. The SMILES string of the molecule is [CH]=CC(=O)NCCC(=O)OC. The van der Waals surface area contributed by atoms with Crippen LogP contribution < -0.4 is 5.32 Å². The van der Waals surface area contributed by atoms with Gasteiger partial charge in [-0.25, -0.2) is 0 Å². The molecule has 61 valence electrons. The number of esters is 1. The van der Waals surface area contributed by atoms with Crippen molar-refractivity contribution in [2.45, 2.75) is 6.42 Å². The van der Waals surface area contributed by atoms with Crippen LogP contribution in [-0.4, -0.2) is 25.5 Å². The summed E-state index contributed by atoms with van der Waals surface area (Å²) in [5, 5.41) is 2.38. The highest BCUT2D eigenvalue weighted by Gasteiger charge is 1.99. The summed E-state index contributed by atoms with van der Waals surface area (Å²) >= 11 is 0. The number of nitrogens with one attached hydrogen (secondary N) is 1. The Morgan fingerprint density at radius 3 is 2.73 bits per heavy atom. The van der Waals surface area contributed by atoms with Gasteiger partial charge in [0.15, 0.2) is 0 Å². The van der Waals surface area contributed by atoms with Gasteiger partial charge in [0.25, 0.3) is 0 Å². The molecule has 0 aromatic carbocycles. The standard InChI is InChI=1S/C7H10NO3/c1-3-6(9)8-5-4-7(10)11-2/h1,3H,4-5H2,2H3,(H,8,9). The number of carbonyl (C=O) groups excluding carboxylic acids is 2. The normalized spacial score (nSPS) is 8.45. The predicted molar refractivity (Wildman–Crippen MR) is 38.5 cm³/mol. The first-order chi connectivity index (χ1) is 5.20. The lowest BCUT2D eigenvalue weighted by atomic mass is 10.4. The minimum Gasteiger partial charge on any atom is -0.469 e. The topological polar surface area (TPSA) is 55.4 Å². The highest BCUT2D eigenvalue weighted by Crippen LogP contribution is 1.80. The number of amides is 1. The Balaban J connectivity index is 3.34. The molecule has 0 spiro atoms. The van der Waals surface area contributed by atoms with E-state index in [0.29, 0.717) is 0 Å². The number of ether oxygens (including phenoxy) is 1. The molecule has 1 radical (unpaired) electrons. The van der Waals surface area contributed by atoms with Gasteiger partial charge in [-0.2, -0.15) is 0 Å². The summed E-state index contributed by atoms with van der Waals surface area (Å²) in [7, 11) is 1.29. The lowest BCUT2D eigenvalue weighted by Gasteiger charge is -1.99. The van der Waals surface area contributed by atoms with Gasteiger partial charge in [0.1, 0.15) is 0 Å². The molecule has 0 aliphatic carbocycles. The molecular weight excluding hydrogens is 146 g/mol. The van der Waals surface area contributed by atoms with Crippen molar-refractivity contribution >= 4 is 11.9 Å². The molecule has 0 unspecified atom stereocenters. The number of methoxy groups -OCH3 is 1. The summed E-state index contributed by atoms with van der Waals surface area (Å²) in [5.41, 5.74) is 0. The molecule has 1 amide bonds. The smallest absolute Gasteiger partial charge is 0.307 e. The average Bonchev–Trinajstić information content (AvgIpc) is 2.04. The van der Waals surface area contributed by atoms with Crippen LogP contribution in [0.15, 0.2) is 6.08 Å². The Morgan fingerprint density at radius 2 is 2.27 bits per heavy atom. The predicted octanol–water partition coefficient (Wildman–Crippen LogP) is -0.345. The van der Waals surface area contributed by atoms with E-state index in [0.717, 1.165) is 6.08 Å². The molecule has 4 heteroatoms. The Morgan fingerprint density at radius 1 is 1.64 bits per heavy atom. The molecule has 11 heavy (non-hydrogen) atoms. The van der Waals surface area contributed by atoms with E-state index >= 15 is 0 Å². The quantitative estimate of drug-likeness (QED) is 0.447. The first-order valence-corrected chi connectivity index (χ1v) is 3.10. The zero-order chi connectivity index (χ0) is 8.69. The number of carbonyl (C=O) groups is 2. The van der Waals surface area contributed by atoms with Gasteiger partial charge in [-0.3, -0.25) is 9.59 Å². The second-order valence-corrected chi connectivity index (χ2v) is 1.78. The van der Waals surface area contributed by atoms with E-state index in [-0.39, 0.29) is 18.9 Å². The van der Waals surface area contributed by atoms with Crippen molar-refractivity contribution in [3.05, 3.63) is 12.7 Å². The maximum atomic E-state index is 10.5. The van der Waals surface area contributed by atoms with E-state index in [2.05, 4.69) is 10.1 Å². The molecule has 4 nitrogen and oxygen atoms in total. The fourth-order valence-electron chi connectivity index (χ4n) is 0.449. The molecule has 0 rings (SSSR count). The molecule has 0 bridgehead atoms. The van der Waals surface area contributed by atoms with E-state index < -0.39 is 5.91 Å². The maximum Gasteiger partial charge on any atom is 0.307 e. The van der Waals surface area contributed by atoms with Crippen LogP contribution in [0.1, 0.15) is 6.42 Å². The van der Waals surface area contributed by atoms with Crippen LogP contribution in [0.4, 0.5) is 0 Å². The van der Waals surface area contributed by atoms with Gasteiger partial charge < -0.3 is 10.1 Å². The number of hydrogen-bond acceptors (Lipinski definition) is 3. The van der Waals surface area contributed by atoms with Crippen LogP contribution in [0.5, 0.6) is 0 Å². The Bertz CT molecular complexity index is 165. The maximum absolute atomic E-state index is 10.5. The average molecular weight is 156 g/mol. The molecule has 0 atom stereocenters. The van der Waals surface area contributed by atoms with E-state index in [1.54, 1.807) is 0 Å². The first-order valence-electron chi connectivity index (χ1n) is 3.10. The summed E-state index contributed by atoms with van der Waals surface area (Å²) in [6.45, 7) is 5.12. The lowest BCUT2D eigenvalue weighted by Crippen LogP contribution is -2.24. The molecule has 0 aromatic rings. The van der Waals surface area contributed by atoms with Gasteiger partial charge >= 0.3 is 5.97 Å². The second kappa shape index (κ2) is 5.46. The summed E-state index contributed by atoms with van der Waals surface area (Å²) in [5.74, 6) is -0.753. The number of rotatable bonds is 4. The zero-order valence-corrected chi connectivity index (χ0v) is 6.29. The molecule has 0 saturated heterocycles. The molecule has 0 aliphatic heterocycles. The van der Waals surface area contributed by atoms with Crippen molar-refractivity contribution < 1.29 is 14.3 Å². The third-order valence-corrected chi connectivity index (χ3v) is 1.01. The van der Waals surface area contributed by atoms with Gasteiger partial charge in [0.05, 0.1) is 13.5 Å². The van der Waals surface area contributed by atoms with Gasteiger partial charge in [-0.15, -0.1) is 0 Å². The van der Waals surface area contributed by atoms with Crippen LogP contribution in [-0.2, 0) is 14.3 Å². The highest BCUT2D eigenvalue weighted by molar-refractivity contribution is 5.86.